The molecule has 188 valence electrons. The maximum absolute atomic E-state index is 15.0. The normalized spacial score (nSPS) is 17.8. The summed E-state index contributed by atoms with van der Waals surface area (Å²) in [6.45, 7) is 0. The van der Waals surface area contributed by atoms with Gasteiger partial charge in [-0.1, -0.05) is 29.0 Å². The van der Waals surface area contributed by atoms with Gasteiger partial charge in [0.25, 0.3) is 5.91 Å². The number of amides is 1. The largest absolute Gasteiger partial charge is 0.507 e. The molecule has 1 aliphatic carbocycles. The Morgan fingerprint density at radius 1 is 1.24 bits per heavy atom. The molecule has 1 aliphatic rings. The number of aromatic hydroxyl groups is 1. The summed E-state index contributed by atoms with van der Waals surface area (Å²) in [4.78, 5) is 30.1. The number of carbonyl (C=O) groups excluding carboxylic acids is 1. The molecule has 10 nitrogen and oxygen atoms in total. The first-order valence-corrected chi connectivity index (χ1v) is 12.8. The molecule has 1 amide bonds. The van der Waals surface area contributed by atoms with Crippen LogP contribution in [0.5, 0.6) is 5.75 Å². The Labute approximate surface area is 218 Å². The molecule has 4 aromatic heterocycles. The molecule has 1 aromatic carbocycles. The second-order valence-electron chi connectivity index (χ2n) is 8.79. The fourth-order valence-electron chi connectivity index (χ4n) is 4.87. The third-order valence-electron chi connectivity index (χ3n) is 6.47. The number of aromatic nitrogens is 7. The summed E-state index contributed by atoms with van der Waals surface area (Å²) in [6.07, 6.45) is 7.43. The Balaban J connectivity index is 1.42. The number of thiazole rings is 1. The molecule has 13 heteroatoms. The number of hydrogen-bond acceptors (Lipinski definition) is 8. The molecule has 2 atom stereocenters. The molecule has 0 spiro atoms. The van der Waals surface area contributed by atoms with Crippen LogP contribution < -0.4 is 5.32 Å². The average Bonchev–Trinajstić information content (AvgIpc) is 3.64. The zero-order valence-electron chi connectivity index (χ0n) is 19.2. The van der Waals surface area contributed by atoms with Crippen molar-refractivity contribution in [1.29, 1.82) is 0 Å². The van der Waals surface area contributed by atoms with Gasteiger partial charge in [0.05, 0.1) is 23.5 Å². The number of phenols is 1. The second kappa shape index (κ2) is 9.52. The van der Waals surface area contributed by atoms with Gasteiger partial charge in [-0.3, -0.25) is 14.9 Å². The lowest BCUT2D eigenvalue weighted by Gasteiger charge is -2.32. The summed E-state index contributed by atoms with van der Waals surface area (Å²) in [5, 5.41) is 20.7. The number of pyridine rings is 1. The molecule has 0 bridgehead atoms. The molecular weight excluding hydrogens is 519 g/mol. The van der Waals surface area contributed by atoms with E-state index in [-0.39, 0.29) is 29.3 Å². The SMILES string of the molecule is O=C(N[C@H]1CCCC(n2c(-c3c(O)cccc3F)nc3cnc(-c4ncn[nH]4)cc32)C1)c1ncc(Cl)s1. The van der Waals surface area contributed by atoms with Gasteiger partial charge >= 0.3 is 0 Å². The Hall–Kier alpha value is -3.90. The number of imidazole rings is 1. The average molecular weight is 539 g/mol. The van der Waals surface area contributed by atoms with Gasteiger partial charge in [-0.05, 0) is 43.9 Å². The van der Waals surface area contributed by atoms with Gasteiger partial charge in [0, 0.05) is 12.1 Å². The first-order valence-electron chi connectivity index (χ1n) is 11.6. The smallest absolute Gasteiger partial charge is 0.280 e. The minimum Gasteiger partial charge on any atom is -0.507 e. The van der Waals surface area contributed by atoms with Gasteiger partial charge in [0.2, 0.25) is 0 Å². The van der Waals surface area contributed by atoms with E-state index in [0.717, 1.165) is 30.6 Å². The van der Waals surface area contributed by atoms with Crippen molar-refractivity contribution in [3.8, 4) is 28.7 Å². The fourth-order valence-corrected chi connectivity index (χ4v) is 5.69. The molecular formula is C24H20ClFN8O2S. The van der Waals surface area contributed by atoms with Crippen LogP contribution in [0.3, 0.4) is 0 Å². The maximum atomic E-state index is 15.0. The van der Waals surface area contributed by atoms with E-state index in [1.54, 1.807) is 6.20 Å². The molecule has 0 aliphatic heterocycles. The summed E-state index contributed by atoms with van der Waals surface area (Å²) < 4.78 is 17.4. The maximum Gasteiger partial charge on any atom is 0.280 e. The minimum absolute atomic E-state index is 0.0171. The first-order chi connectivity index (χ1) is 18.0. The molecule has 1 unspecified atom stereocenters. The van der Waals surface area contributed by atoms with E-state index in [1.165, 1.54) is 30.7 Å². The van der Waals surface area contributed by atoms with Gasteiger partial charge in [0.15, 0.2) is 10.8 Å². The van der Waals surface area contributed by atoms with Crippen molar-refractivity contribution in [1.82, 2.24) is 40.0 Å². The number of benzene rings is 1. The highest BCUT2D eigenvalue weighted by Crippen LogP contribution is 2.40. The topological polar surface area (TPSA) is 134 Å². The van der Waals surface area contributed by atoms with Crippen molar-refractivity contribution >= 4 is 39.9 Å². The van der Waals surface area contributed by atoms with E-state index in [9.17, 15) is 9.90 Å². The van der Waals surface area contributed by atoms with E-state index in [1.807, 2.05) is 10.6 Å². The predicted octanol–water partition coefficient (Wildman–Crippen LogP) is 4.75. The molecule has 37 heavy (non-hydrogen) atoms. The van der Waals surface area contributed by atoms with Gasteiger partial charge in [-0.2, -0.15) is 5.10 Å². The number of H-pyrrole nitrogens is 1. The minimum atomic E-state index is -0.582. The molecule has 0 radical (unpaired) electrons. The van der Waals surface area contributed by atoms with E-state index in [2.05, 4.69) is 35.5 Å². The molecule has 6 rings (SSSR count). The lowest BCUT2D eigenvalue weighted by atomic mass is 9.90. The van der Waals surface area contributed by atoms with Crippen LogP contribution in [0, 0.1) is 5.82 Å². The van der Waals surface area contributed by atoms with Crippen LogP contribution in [0.15, 0.2) is 43.0 Å². The number of phenolic OH excluding ortho intramolecular Hbond substituents is 1. The third-order valence-corrected chi connectivity index (χ3v) is 7.58. The monoisotopic (exact) mass is 538 g/mol. The number of nitrogens with one attached hydrogen (secondary N) is 2. The van der Waals surface area contributed by atoms with Crippen LogP contribution in [0.25, 0.3) is 33.9 Å². The Morgan fingerprint density at radius 3 is 2.89 bits per heavy atom. The number of carbonyl (C=O) groups is 1. The molecule has 1 saturated carbocycles. The van der Waals surface area contributed by atoms with Crippen LogP contribution >= 0.6 is 22.9 Å². The number of aromatic amines is 1. The number of hydrogen-bond donors (Lipinski definition) is 3. The molecule has 3 N–H and O–H groups in total. The van der Waals surface area contributed by atoms with E-state index < -0.39 is 5.82 Å². The van der Waals surface area contributed by atoms with Gasteiger partial charge in [-0.15, -0.1) is 0 Å². The predicted molar refractivity (Wildman–Crippen MR) is 136 cm³/mol. The van der Waals surface area contributed by atoms with Crippen LogP contribution in [-0.4, -0.2) is 51.8 Å². The highest BCUT2D eigenvalue weighted by molar-refractivity contribution is 7.17. The van der Waals surface area contributed by atoms with Crippen LogP contribution in [0.1, 0.15) is 41.5 Å². The third kappa shape index (κ3) is 4.42. The quantitative estimate of drug-likeness (QED) is 0.294. The Kier molecular flexibility index (Phi) is 6.05. The number of nitrogens with zero attached hydrogens (tertiary/aromatic N) is 6. The van der Waals surface area contributed by atoms with Crippen molar-refractivity contribution in [3.05, 3.63) is 58.1 Å². The van der Waals surface area contributed by atoms with Crippen molar-refractivity contribution in [2.75, 3.05) is 0 Å². The van der Waals surface area contributed by atoms with Gasteiger partial charge in [0.1, 0.15) is 39.3 Å². The van der Waals surface area contributed by atoms with Crippen molar-refractivity contribution in [3.63, 3.8) is 0 Å². The molecule has 0 saturated heterocycles. The fraction of sp³-hybridized carbons (Fsp3) is 0.250. The van der Waals surface area contributed by atoms with E-state index in [0.29, 0.717) is 44.1 Å². The summed E-state index contributed by atoms with van der Waals surface area (Å²) in [5.74, 6) is -0.281. The molecule has 1 fully saturated rings. The standard InChI is InChI=1S/C24H20ClFN8O2S/c25-19-10-28-24(37-19)23(36)31-12-3-1-4-13(7-12)34-17-8-15(21-29-11-30-33-21)27-9-16(17)32-22(34)20-14(26)5-2-6-18(20)35/h2,5-6,8-13,35H,1,3-4,7H2,(H,31,36)(H,29,30,33)/t12-,13?/m0/s1. The van der Waals surface area contributed by atoms with E-state index >= 15 is 4.39 Å². The van der Waals surface area contributed by atoms with Crippen molar-refractivity contribution in [2.45, 2.75) is 37.8 Å². The number of fused-ring (bicyclic) bond motifs is 1. The Bertz CT molecular complexity index is 1580. The second-order valence-corrected chi connectivity index (χ2v) is 10.5. The zero-order valence-corrected chi connectivity index (χ0v) is 20.8. The zero-order chi connectivity index (χ0) is 25.5. The van der Waals surface area contributed by atoms with Crippen molar-refractivity contribution in [2.24, 2.45) is 0 Å². The first kappa shape index (κ1) is 23.5. The molecule has 4 heterocycles. The lowest BCUT2D eigenvalue weighted by Crippen LogP contribution is -2.39. The Morgan fingerprint density at radius 2 is 2.14 bits per heavy atom. The number of halogens is 2. The van der Waals surface area contributed by atoms with Crippen LogP contribution in [-0.2, 0) is 0 Å². The lowest BCUT2D eigenvalue weighted by molar-refractivity contribution is 0.0920. The summed E-state index contributed by atoms with van der Waals surface area (Å²) in [7, 11) is 0. The van der Waals surface area contributed by atoms with E-state index in [4.69, 9.17) is 11.6 Å². The summed E-state index contributed by atoms with van der Waals surface area (Å²) in [5.41, 5.74) is 1.83. The summed E-state index contributed by atoms with van der Waals surface area (Å²) in [6, 6.07) is 5.72. The number of rotatable bonds is 5. The summed E-state index contributed by atoms with van der Waals surface area (Å²) >= 11 is 7.07. The van der Waals surface area contributed by atoms with Crippen LogP contribution in [0.4, 0.5) is 4.39 Å². The van der Waals surface area contributed by atoms with Gasteiger partial charge in [-0.25, -0.2) is 19.3 Å². The highest BCUT2D eigenvalue weighted by atomic mass is 35.5. The van der Waals surface area contributed by atoms with Crippen LogP contribution in [0.2, 0.25) is 4.34 Å². The molecule has 5 aromatic rings. The van der Waals surface area contributed by atoms with Gasteiger partial charge < -0.3 is 15.0 Å². The highest BCUT2D eigenvalue weighted by Gasteiger charge is 2.30. The van der Waals surface area contributed by atoms with Crippen molar-refractivity contribution < 1.29 is 14.3 Å².